The van der Waals surface area contributed by atoms with Crippen molar-refractivity contribution < 1.29 is 15.2 Å². The van der Waals surface area contributed by atoms with E-state index in [1.165, 1.54) is 31.3 Å². The van der Waals surface area contributed by atoms with Gasteiger partial charge in [-0.1, -0.05) is 11.6 Å². The first kappa shape index (κ1) is 15.0. The van der Waals surface area contributed by atoms with Crippen molar-refractivity contribution >= 4 is 0 Å². The third kappa shape index (κ3) is 3.39. The Morgan fingerprint density at radius 3 is 2.32 bits per heavy atom. The highest BCUT2D eigenvalue weighted by molar-refractivity contribution is 5.14. The smallest absolute Gasteiger partial charge is 0.116 e. The van der Waals surface area contributed by atoms with E-state index in [1.54, 1.807) is 0 Å². The van der Waals surface area contributed by atoms with Crippen LogP contribution in [0.4, 0.5) is 0 Å². The Balaban J connectivity index is 1.89. The van der Waals surface area contributed by atoms with Crippen LogP contribution in [0.2, 0.25) is 0 Å². The van der Waals surface area contributed by atoms with Gasteiger partial charge in [0.25, 0.3) is 0 Å². The highest BCUT2D eigenvalue weighted by Crippen LogP contribution is 2.39. The molecular weight excluding hydrogens is 238 g/mol. The van der Waals surface area contributed by atoms with Crippen LogP contribution in [0.3, 0.4) is 0 Å². The van der Waals surface area contributed by atoms with E-state index in [2.05, 4.69) is 26.2 Å². The largest absolute Gasteiger partial charge is 0.474 e. The molecular formula is C16H29NO2. The second-order valence-corrected chi connectivity index (χ2v) is 7.18. The van der Waals surface area contributed by atoms with Crippen molar-refractivity contribution in [3.63, 3.8) is 0 Å². The van der Waals surface area contributed by atoms with Crippen molar-refractivity contribution in [3.05, 3.63) is 18.7 Å². The van der Waals surface area contributed by atoms with Crippen LogP contribution in [0.25, 0.3) is 0 Å². The minimum Gasteiger partial charge on any atom is -0.474 e. The number of rotatable bonds is 4. The number of hydrogen-bond acceptors (Lipinski definition) is 2. The van der Waals surface area contributed by atoms with E-state index < -0.39 is 6.10 Å². The van der Waals surface area contributed by atoms with Gasteiger partial charge in [-0.05, 0) is 46.5 Å². The van der Waals surface area contributed by atoms with Crippen LogP contribution < -0.4 is 5.32 Å². The molecule has 2 unspecified atom stereocenters. The fourth-order valence-electron chi connectivity index (χ4n) is 3.20. The summed E-state index contributed by atoms with van der Waals surface area (Å²) in [5.74, 6) is 0.615. The summed E-state index contributed by atoms with van der Waals surface area (Å²) in [6, 6.07) is 0. The van der Waals surface area contributed by atoms with E-state index in [9.17, 15) is 5.11 Å². The lowest BCUT2D eigenvalue weighted by Crippen LogP contribution is -2.91. The maximum Gasteiger partial charge on any atom is 0.116 e. The molecule has 2 fully saturated rings. The lowest BCUT2D eigenvalue weighted by Gasteiger charge is -2.37. The minimum absolute atomic E-state index is 0.0236. The molecule has 3 nitrogen and oxygen atoms in total. The molecule has 2 atom stereocenters. The molecule has 0 aromatic heterocycles. The Bertz CT molecular complexity index is 354. The minimum atomic E-state index is -0.456. The SMILES string of the molecule is [CH2-][NH2+]C1(C)CCC(/C(C)=C/C(O)C2OC2(C)C)CC1. The van der Waals surface area contributed by atoms with Crippen molar-refractivity contribution in [3.8, 4) is 0 Å². The summed E-state index contributed by atoms with van der Waals surface area (Å²) in [5, 5.41) is 12.3. The number of nitrogens with two attached hydrogens (primary N) is 1. The molecule has 0 bridgehead atoms. The average molecular weight is 267 g/mol. The first-order valence-corrected chi connectivity index (χ1v) is 7.45. The maximum absolute atomic E-state index is 10.2. The van der Waals surface area contributed by atoms with Gasteiger partial charge in [-0.25, -0.2) is 0 Å². The van der Waals surface area contributed by atoms with E-state index in [1.807, 2.05) is 19.9 Å². The number of allylic oxidation sites excluding steroid dienone is 1. The van der Waals surface area contributed by atoms with Gasteiger partial charge in [0.2, 0.25) is 0 Å². The van der Waals surface area contributed by atoms with Crippen molar-refractivity contribution in [2.24, 2.45) is 5.92 Å². The molecule has 0 spiro atoms. The average Bonchev–Trinajstić information content (AvgIpc) is 2.99. The summed E-state index contributed by atoms with van der Waals surface area (Å²) in [6.07, 6.45) is 6.34. The topological polar surface area (TPSA) is 49.4 Å². The lowest BCUT2D eigenvalue weighted by molar-refractivity contribution is -0.676. The number of quaternary nitrogens is 1. The normalized spacial score (nSPS) is 40.0. The molecule has 110 valence electrons. The molecule has 1 heterocycles. The van der Waals surface area contributed by atoms with Crippen LogP contribution >= 0.6 is 0 Å². The third-order valence-corrected chi connectivity index (χ3v) is 5.07. The van der Waals surface area contributed by atoms with E-state index >= 15 is 0 Å². The third-order valence-electron chi connectivity index (χ3n) is 5.07. The van der Waals surface area contributed by atoms with Crippen molar-refractivity contribution in [2.45, 2.75) is 76.7 Å². The molecule has 3 heteroatoms. The molecule has 2 aliphatic rings. The fraction of sp³-hybridized carbons (Fsp3) is 0.812. The number of aliphatic hydroxyl groups excluding tert-OH is 1. The Morgan fingerprint density at radius 1 is 1.37 bits per heavy atom. The van der Waals surface area contributed by atoms with E-state index in [-0.39, 0.29) is 11.7 Å². The van der Waals surface area contributed by atoms with Crippen LogP contribution in [0.15, 0.2) is 11.6 Å². The standard InChI is InChI=1S/C16H29NO2/c1-11(10-13(18)14-15(2,3)19-14)12-6-8-16(4,17-5)9-7-12/h10,12-14,18H,5-9,17H2,1-4H3/b11-10+. The monoisotopic (exact) mass is 267 g/mol. The molecule has 1 saturated carbocycles. The van der Waals surface area contributed by atoms with Gasteiger partial charge < -0.3 is 15.2 Å². The van der Waals surface area contributed by atoms with Crippen LogP contribution in [-0.4, -0.2) is 28.5 Å². The van der Waals surface area contributed by atoms with Gasteiger partial charge in [0.1, 0.15) is 12.2 Å². The van der Waals surface area contributed by atoms with Gasteiger partial charge in [0, 0.05) is 12.8 Å². The summed E-state index contributed by atoms with van der Waals surface area (Å²) >= 11 is 0. The molecule has 0 amide bonds. The van der Waals surface area contributed by atoms with Gasteiger partial charge in [-0.2, -0.15) is 7.05 Å². The van der Waals surface area contributed by atoms with Gasteiger partial charge >= 0.3 is 0 Å². The fourth-order valence-corrected chi connectivity index (χ4v) is 3.20. The maximum atomic E-state index is 10.2. The van der Waals surface area contributed by atoms with Crippen LogP contribution in [-0.2, 0) is 4.74 Å². The first-order valence-electron chi connectivity index (χ1n) is 7.45. The zero-order chi connectivity index (χ0) is 14.3. The highest BCUT2D eigenvalue weighted by Gasteiger charge is 2.51. The summed E-state index contributed by atoms with van der Waals surface area (Å²) in [6.45, 7) is 8.50. The van der Waals surface area contributed by atoms with Gasteiger partial charge in [0.05, 0.1) is 11.1 Å². The van der Waals surface area contributed by atoms with Gasteiger partial charge in [-0.15, -0.1) is 0 Å². The lowest BCUT2D eigenvalue weighted by atomic mass is 9.75. The van der Waals surface area contributed by atoms with Crippen LogP contribution in [0.5, 0.6) is 0 Å². The quantitative estimate of drug-likeness (QED) is 0.463. The second kappa shape index (κ2) is 5.19. The van der Waals surface area contributed by atoms with Crippen LogP contribution in [0, 0.1) is 13.0 Å². The van der Waals surface area contributed by atoms with E-state index in [0.29, 0.717) is 11.5 Å². The molecule has 0 aromatic rings. The van der Waals surface area contributed by atoms with Gasteiger partial charge in [-0.3, -0.25) is 0 Å². The predicted molar refractivity (Wildman–Crippen MR) is 76.4 cm³/mol. The molecule has 0 aromatic carbocycles. The summed E-state index contributed by atoms with van der Waals surface area (Å²) in [4.78, 5) is 0. The second-order valence-electron chi connectivity index (χ2n) is 7.18. The Hall–Kier alpha value is -0.380. The zero-order valence-electron chi connectivity index (χ0n) is 12.8. The first-order chi connectivity index (χ1) is 8.77. The van der Waals surface area contributed by atoms with Crippen LogP contribution in [0.1, 0.15) is 53.4 Å². The molecule has 0 radical (unpaired) electrons. The molecule has 1 aliphatic heterocycles. The van der Waals surface area contributed by atoms with Crippen molar-refractivity contribution in [2.75, 3.05) is 0 Å². The number of hydrogen-bond donors (Lipinski definition) is 2. The van der Waals surface area contributed by atoms with Crippen molar-refractivity contribution in [1.82, 2.24) is 0 Å². The number of aliphatic hydroxyl groups is 1. The van der Waals surface area contributed by atoms with E-state index in [0.717, 1.165) is 0 Å². The Labute approximate surface area is 117 Å². The molecule has 1 aliphatic carbocycles. The predicted octanol–water partition coefficient (Wildman–Crippen LogP) is 1.77. The van der Waals surface area contributed by atoms with Crippen molar-refractivity contribution in [1.29, 1.82) is 0 Å². The Morgan fingerprint density at radius 2 is 1.89 bits per heavy atom. The molecule has 3 N–H and O–H groups in total. The molecule has 2 rings (SSSR count). The number of ether oxygens (including phenoxy) is 1. The highest BCUT2D eigenvalue weighted by atomic mass is 16.6. The Kier molecular flexibility index (Phi) is 4.10. The zero-order valence-corrected chi connectivity index (χ0v) is 12.8. The summed E-state index contributed by atoms with van der Waals surface area (Å²) in [7, 11) is 3.95. The van der Waals surface area contributed by atoms with E-state index in [4.69, 9.17) is 4.74 Å². The summed E-state index contributed by atoms with van der Waals surface area (Å²) in [5.41, 5.74) is 1.49. The number of epoxide rings is 1. The molecule has 1 saturated heterocycles. The summed E-state index contributed by atoms with van der Waals surface area (Å²) < 4.78 is 5.50. The molecule has 19 heavy (non-hydrogen) atoms. The van der Waals surface area contributed by atoms with Gasteiger partial charge in [0.15, 0.2) is 0 Å².